The highest BCUT2D eigenvalue weighted by Gasteiger charge is 2.05. The Bertz CT molecular complexity index is 449. The summed E-state index contributed by atoms with van der Waals surface area (Å²) >= 11 is 5.76. The van der Waals surface area contributed by atoms with Crippen molar-refractivity contribution < 1.29 is 9.59 Å². The van der Waals surface area contributed by atoms with Gasteiger partial charge in [0.1, 0.15) is 0 Å². The molecule has 0 aromatic heterocycles. The van der Waals surface area contributed by atoms with Crippen LogP contribution in [0.15, 0.2) is 24.3 Å². The molecule has 116 valence electrons. The van der Waals surface area contributed by atoms with Gasteiger partial charge < -0.3 is 16.4 Å². The van der Waals surface area contributed by atoms with Crippen molar-refractivity contribution in [3.63, 3.8) is 0 Å². The molecule has 0 atom stereocenters. The van der Waals surface area contributed by atoms with E-state index in [-0.39, 0.29) is 11.8 Å². The molecule has 0 aliphatic rings. The summed E-state index contributed by atoms with van der Waals surface area (Å²) in [5.74, 6) is -0.150. The molecule has 1 rings (SSSR count). The number of hydrogen-bond acceptors (Lipinski definition) is 3. The van der Waals surface area contributed by atoms with Crippen molar-refractivity contribution in [3.8, 4) is 0 Å². The summed E-state index contributed by atoms with van der Waals surface area (Å²) in [6.07, 6.45) is 2.83. The summed E-state index contributed by atoms with van der Waals surface area (Å²) in [5, 5.41) is 6.19. The number of hydrogen-bond donors (Lipinski definition) is 3. The van der Waals surface area contributed by atoms with Crippen molar-refractivity contribution in [3.05, 3.63) is 34.9 Å². The molecular weight excluding hydrogens is 290 g/mol. The SMILES string of the molecule is NCCCCNC(=O)CCCNC(=O)c1ccc(Cl)cc1. The van der Waals surface area contributed by atoms with Gasteiger partial charge in [-0.15, -0.1) is 0 Å². The van der Waals surface area contributed by atoms with Crippen LogP contribution in [0.3, 0.4) is 0 Å². The minimum Gasteiger partial charge on any atom is -0.356 e. The van der Waals surface area contributed by atoms with Crippen molar-refractivity contribution in [1.29, 1.82) is 0 Å². The monoisotopic (exact) mass is 311 g/mol. The predicted molar refractivity (Wildman–Crippen MR) is 84.3 cm³/mol. The fourth-order valence-electron chi connectivity index (χ4n) is 1.74. The van der Waals surface area contributed by atoms with Crippen LogP contribution in [-0.4, -0.2) is 31.4 Å². The van der Waals surface area contributed by atoms with Crippen LogP contribution in [0.5, 0.6) is 0 Å². The lowest BCUT2D eigenvalue weighted by Gasteiger charge is -2.06. The number of rotatable bonds is 9. The molecule has 0 saturated heterocycles. The standard InChI is InChI=1S/C15H22ClN3O2/c16-13-7-5-12(6-8-13)15(21)19-11-3-4-14(20)18-10-2-1-9-17/h5-8H,1-4,9-11,17H2,(H,18,20)(H,19,21). The molecule has 6 heteroatoms. The van der Waals surface area contributed by atoms with E-state index in [1.807, 2.05) is 0 Å². The molecule has 0 aliphatic heterocycles. The molecule has 0 unspecified atom stereocenters. The second kappa shape index (κ2) is 10.2. The normalized spacial score (nSPS) is 10.2. The van der Waals surface area contributed by atoms with Crippen LogP contribution in [0.1, 0.15) is 36.0 Å². The third-order valence-corrected chi connectivity index (χ3v) is 3.18. The zero-order chi connectivity index (χ0) is 15.5. The fourth-order valence-corrected chi connectivity index (χ4v) is 1.87. The van der Waals surface area contributed by atoms with Gasteiger partial charge in [-0.05, 0) is 50.1 Å². The number of benzene rings is 1. The van der Waals surface area contributed by atoms with Crippen LogP contribution in [0.2, 0.25) is 5.02 Å². The number of nitrogens with two attached hydrogens (primary N) is 1. The van der Waals surface area contributed by atoms with Crippen molar-refractivity contribution in [2.75, 3.05) is 19.6 Å². The average molecular weight is 312 g/mol. The lowest BCUT2D eigenvalue weighted by Crippen LogP contribution is -2.28. The lowest BCUT2D eigenvalue weighted by molar-refractivity contribution is -0.121. The Hall–Kier alpha value is -1.59. The van der Waals surface area contributed by atoms with E-state index in [1.165, 1.54) is 0 Å². The highest BCUT2D eigenvalue weighted by molar-refractivity contribution is 6.30. The van der Waals surface area contributed by atoms with Crippen molar-refractivity contribution in [1.82, 2.24) is 10.6 Å². The maximum atomic E-state index is 11.8. The number of carbonyl (C=O) groups is 2. The molecule has 4 N–H and O–H groups in total. The Morgan fingerprint density at radius 3 is 2.33 bits per heavy atom. The summed E-state index contributed by atoms with van der Waals surface area (Å²) in [6, 6.07) is 6.68. The van der Waals surface area contributed by atoms with E-state index in [0.29, 0.717) is 43.1 Å². The van der Waals surface area contributed by atoms with Gasteiger partial charge in [0.15, 0.2) is 0 Å². The molecule has 5 nitrogen and oxygen atoms in total. The quantitative estimate of drug-likeness (QED) is 0.607. The molecule has 0 radical (unpaired) electrons. The second-order valence-electron chi connectivity index (χ2n) is 4.71. The van der Waals surface area contributed by atoms with E-state index >= 15 is 0 Å². The van der Waals surface area contributed by atoms with Crippen molar-refractivity contribution in [2.45, 2.75) is 25.7 Å². The third-order valence-electron chi connectivity index (χ3n) is 2.93. The summed E-state index contributed by atoms with van der Waals surface area (Å²) in [5.41, 5.74) is 5.93. The average Bonchev–Trinajstić information content (AvgIpc) is 2.48. The molecule has 0 heterocycles. The van der Waals surface area contributed by atoms with Crippen LogP contribution in [-0.2, 0) is 4.79 Å². The van der Waals surface area contributed by atoms with Gasteiger partial charge >= 0.3 is 0 Å². The van der Waals surface area contributed by atoms with Crippen molar-refractivity contribution in [2.24, 2.45) is 5.73 Å². The predicted octanol–water partition coefficient (Wildman–Crippen LogP) is 1.71. The van der Waals surface area contributed by atoms with E-state index < -0.39 is 0 Å². The Balaban J connectivity index is 2.12. The van der Waals surface area contributed by atoms with E-state index in [4.69, 9.17) is 17.3 Å². The largest absolute Gasteiger partial charge is 0.356 e. The maximum Gasteiger partial charge on any atom is 0.251 e. The molecular formula is C15H22ClN3O2. The van der Waals surface area contributed by atoms with E-state index in [0.717, 1.165) is 12.8 Å². The summed E-state index contributed by atoms with van der Waals surface area (Å²) in [6.45, 7) is 1.78. The zero-order valence-electron chi connectivity index (χ0n) is 12.0. The first kappa shape index (κ1) is 17.5. The van der Waals surface area contributed by atoms with Crippen LogP contribution in [0.25, 0.3) is 0 Å². The Morgan fingerprint density at radius 1 is 1.00 bits per heavy atom. The Kier molecular flexibility index (Phi) is 8.47. The fraction of sp³-hybridized carbons (Fsp3) is 0.467. The molecule has 0 fully saturated rings. The highest BCUT2D eigenvalue weighted by atomic mass is 35.5. The van der Waals surface area contributed by atoms with Gasteiger partial charge in [0, 0.05) is 30.1 Å². The Labute approximate surface area is 130 Å². The number of carbonyl (C=O) groups excluding carboxylic acids is 2. The highest BCUT2D eigenvalue weighted by Crippen LogP contribution is 2.09. The first-order valence-corrected chi connectivity index (χ1v) is 7.52. The number of halogens is 1. The Morgan fingerprint density at radius 2 is 1.67 bits per heavy atom. The van der Waals surface area contributed by atoms with E-state index in [1.54, 1.807) is 24.3 Å². The second-order valence-corrected chi connectivity index (χ2v) is 5.15. The number of amides is 2. The smallest absolute Gasteiger partial charge is 0.251 e. The minimum absolute atomic E-state index is 0.00719. The maximum absolute atomic E-state index is 11.8. The van der Waals surface area contributed by atoms with Gasteiger partial charge in [-0.25, -0.2) is 0 Å². The molecule has 0 saturated carbocycles. The van der Waals surface area contributed by atoms with E-state index in [2.05, 4.69) is 10.6 Å². The third kappa shape index (κ3) is 7.68. The summed E-state index contributed by atoms with van der Waals surface area (Å²) in [7, 11) is 0. The van der Waals surface area contributed by atoms with E-state index in [9.17, 15) is 9.59 Å². The minimum atomic E-state index is -0.157. The first-order valence-electron chi connectivity index (χ1n) is 7.14. The van der Waals surface area contributed by atoms with Gasteiger partial charge in [-0.3, -0.25) is 9.59 Å². The van der Waals surface area contributed by atoms with Crippen LogP contribution >= 0.6 is 11.6 Å². The molecule has 0 bridgehead atoms. The van der Waals surface area contributed by atoms with Gasteiger partial charge in [0.2, 0.25) is 5.91 Å². The zero-order valence-corrected chi connectivity index (χ0v) is 12.8. The molecule has 21 heavy (non-hydrogen) atoms. The van der Waals surface area contributed by atoms with Gasteiger partial charge in [-0.1, -0.05) is 11.6 Å². The van der Waals surface area contributed by atoms with Crippen LogP contribution in [0, 0.1) is 0 Å². The molecule has 2 amide bonds. The molecule has 1 aromatic rings. The summed E-state index contributed by atoms with van der Waals surface area (Å²) in [4.78, 5) is 23.3. The molecule has 1 aromatic carbocycles. The summed E-state index contributed by atoms with van der Waals surface area (Å²) < 4.78 is 0. The first-order chi connectivity index (χ1) is 10.1. The van der Waals surface area contributed by atoms with Gasteiger partial charge in [0.25, 0.3) is 5.91 Å². The molecule has 0 spiro atoms. The van der Waals surface area contributed by atoms with Crippen LogP contribution < -0.4 is 16.4 Å². The number of nitrogens with one attached hydrogen (secondary N) is 2. The lowest BCUT2D eigenvalue weighted by atomic mass is 10.2. The number of unbranched alkanes of at least 4 members (excludes halogenated alkanes) is 1. The van der Waals surface area contributed by atoms with Gasteiger partial charge in [-0.2, -0.15) is 0 Å². The van der Waals surface area contributed by atoms with Crippen LogP contribution in [0.4, 0.5) is 0 Å². The molecule has 0 aliphatic carbocycles. The van der Waals surface area contributed by atoms with Gasteiger partial charge in [0.05, 0.1) is 0 Å². The van der Waals surface area contributed by atoms with Crippen molar-refractivity contribution >= 4 is 23.4 Å². The topological polar surface area (TPSA) is 84.2 Å².